The molecule has 2 aromatic rings. The summed E-state index contributed by atoms with van der Waals surface area (Å²) in [5, 5.41) is 2.85. The van der Waals surface area contributed by atoms with Crippen molar-refractivity contribution in [1.29, 1.82) is 0 Å². The number of ether oxygens (including phenoxy) is 2. The first-order valence-electron chi connectivity index (χ1n) is 8.58. The van der Waals surface area contributed by atoms with E-state index in [1.807, 2.05) is 13.0 Å². The average Bonchev–Trinajstić information content (AvgIpc) is 2.63. The Kier molecular flexibility index (Phi) is 7.29. The first-order chi connectivity index (χ1) is 13.2. The van der Waals surface area contributed by atoms with Gasteiger partial charge in [-0.3, -0.25) is 4.79 Å². The van der Waals surface area contributed by atoms with Crippen LogP contribution in [-0.4, -0.2) is 34.1 Å². The monoisotopic (exact) mass is 426 g/mol. The molecule has 0 bridgehead atoms. The third-order valence-corrected chi connectivity index (χ3v) is 5.69. The van der Waals surface area contributed by atoms with Crippen molar-refractivity contribution in [3.8, 4) is 11.5 Å². The highest BCUT2D eigenvalue weighted by Crippen LogP contribution is 2.28. The van der Waals surface area contributed by atoms with Gasteiger partial charge in [0.15, 0.2) is 0 Å². The summed E-state index contributed by atoms with van der Waals surface area (Å²) in [6, 6.07) is 8.40. The van der Waals surface area contributed by atoms with Gasteiger partial charge in [0.2, 0.25) is 15.9 Å². The fourth-order valence-electron chi connectivity index (χ4n) is 2.44. The molecule has 0 spiro atoms. The van der Waals surface area contributed by atoms with Crippen molar-refractivity contribution in [1.82, 2.24) is 4.72 Å². The van der Waals surface area contributed by atoms with Crippen molar-refractivity contribution >= 4 is 33.2 Å². The maximum absolute atomic E-state index is 12.6. The Morgan fingerprint density at radius 3 is 2.46 bits per heavy atom. The van der Waals surface area contributed by atoms with Crippen molar-refractivity contribution in [3.63, 3.8) is 0 Å². The van der Waals surface area contributed by atoms with Crippen molar-refractivity contribution in [2.75, 3.05) is 19.0 Å². The van der Waals surface area contributed by atoms with E-state index in [0.29, 0.717) is 23.8 Å². The van der Waals surface area contributed by atoms with Crippen LogP contribution in [0, 0.1) is 6.92 Å². The summed E-state index contributed by atoms with van der Waals surface area (Å²) in [5.41, 5.74) is 1.39. The lowest BCUT2D eigenvalue weighted by atomic mass is 10.2. The number of nitrogens with one attached hydrogen (secondary N) is 2. The van der Waals surface area contributed by atoms with E-state index in [1.165, 1.54) is 32.2 Å². The molecular weight excluding hydrogens is 404 g/mol. The first kappa shape index (κ1) is 22.0. The van der Waals surface area contributed by atoms with Crippen molar-refractivity contribution in [2.24, 2.45) is 0 Å². The molecule has 1 atom stereocenters. The van der Waals surface area contributed by atoms with Gasteiger partial charge < -0.3 is 14.8 Å². The number of carbonyl (C=O) groups is 1. The molecule has 9 heteroatoms. The van der Waals surface area contributed by atoms with Gasteiger partial charge >= 0.3 is 0 Å². The highest BCUT2D eigenvalue weighted by atomic mass is 35.5. The maximum Gasteiger partial charge on any atom is 0.242 e. The van der Waals surface area contributed by atoms with Crippen LogP contribution in [0.3, 0.4) is 0 Å². The Labute approximate surface area is 170 Å². The standard InChI is InChI=1S/C19H23ClN2O5S/c1-5-27-17-9-7-14(11-15(17)20)28(24,25)22-13(3)19(23)21-16-10-12(2)6-8-18(16)26-4/h6-11,13,22H,5H2,1-4H3,(H,21,23)/t13-/m0/s1. The summed E-state index contributed by atoms with van der Waals surface area (Å²) >= 11 is 6.06. The van der Waals surface area contributed by atoms with Crippen LogP contribution in [0.5, 0.6) is 11.5 Å². The van der Waals surface area contributed by atoms with Crippen LogP contribution in [0.25, 0.3) is 0 Å². The molecule has 7 nitrogen and oxygen atoms in total. The third-order valence-electron chi connectivity index (χ3n) is 3.85. The number of amides is 1. The molecule has 0 aliphatic rings. The minimum Gasteiger partial charge on any atom is -0.495 e. The van der Waals surface area contributed by atoms with Crippen LogP contribution >= 0.6 is 11.6 Å². The van der Waals surface area contributed by atoms with Gasteiger partial charge in [0.05, 0.1) is 35.4 Å². The van der Waals surface area contributed by atoms with E-state index in [2.05, 4.69) is 10.0 Å². The van der Waals surface area contributed by atoms with Crippen molar-refractivity contribution in [2.45, 2.75) is 31.7 Å². The molecule has 152 valence electrons. The number of halogens is 1. The van der Waals surface area contributed by atoms with E-state index in [0.717, 1.165) is 5.56 Å². The fraction of sp³-hybridized carbons (Fsp3) is 0.316. The number of hydrogen-bond acceptors (Lipinski definition) is 5. The molecule has 0 saturated heterocycles. The van der Waals surface area contributed by atoms with Gasteiger partial charge in [-0.15, -0.1) is 0 Å². The minimum atomic E-state index is -3.96. The lowest BCUT2D eigenvalue weighted by molar-refractivity contribution is -0.117. The van der Waals surface area contributed by atoms with E-state index < -0.39 is 22.0 Å². The molecule has 0 fully saturated rings. The largest absolute Gasteiger partial charge is 0.495 e. The normalized spacial score (nSPS) is 12.3. The molecular formula is C19H23ClN2O5S. The number of benzene rings is 2. The molecule has 0 aromatic heterocycles. The summed E-state index contributed by atoms with van der Waals surface area (Å²) in [7, 11) is -2.47. The van der Waals surface area contributed by atoms with Crippen LogP contribution in [0.2, 0.25) is 5.02 Å². The summed E-state index contributed by atoms with van der Waals surface area (Å²) in [6.07, 6.45) is 0. The lowest BCUT2D eigenvalue weighted by Crippen LogP contribution is -2.41. The van der Waals surface area contributed by atoms with E-state index in [4.69, 9.17) is 21.1 Å². The molecule has 28 heavy (non-hydrogen) atoms. The topological polar surface area (TPSA) is 93.7 Å². The number of carbonyl (C=O) groups excluding carboxylic acids is 1. The number of aryl methyl sites for hydroxylation is 1. The van der Waals surface area contributed by atoms with Gasteiger partial charge in [-0.1, -0.05) is 17.7 Å². The maximum atomic E-state index is 12.6. The average molecular weight is 427 g/mol. The van der Waals surface area contributed by atoms with Gasteiger partial charge in [0.25, 0.3) is 0 Å². The summed E-state index contributed by atoms with van der Waals surface area (Å²) in [4.78, 5) is 12.4. The van der Waals surface area contributed by atoms with Gasteiger partial charge in [-0.05, 0) is 56.7 Å². The van der Waals surface area contributed by atoms with Crippen molar-refractivity contribution < 1.29 is 22.7 Å². The number of hydrogen-bond donors (Lipinski definition) is 2. The van der Waals surface area contributed by atoms with Gasteiger partial charge in [0.1, 0.15) is 11.5 Å². The molecule has 2 rings (SSSR count). The zero-order chi connectivity index (χ0) is 20.9. The smallest absolute Gasteiger partial charge is 0.242 e. The number of sulfonamides is 1. The first-order valence-corrected chi connectivity index (χ1v) is 10.4. The number of rotatable bonds is 8. The van der Waals surface area contributed by atoms with E-state index >= 15 is 0 Å². The van der Waals surface area contributed by atoms with E-state index in [-0.39, 0.29) is 9.92 Å². The van der Waals surface area contributed by atoms with Gasteiger partial charge in [-0.25, -0.2) is 8.42 Å². The quantitative estimate of drug-likeness (QED) is 0.675. The second-order valence-electron chi connectivity index (χ2n) is 6.06. The Hall–Kier alpha value is -2.29. The lowest BCUT2D eigenvalue weighted by Gasteiger charge is -2.17. The Morgan fingerprint density at radius 1 is 1.18 bits per heavy atom. The Balaban J connectivity index is 2.14. The predicted octanol–water partition coefficient (Wildman–Crippen LogP) is 3.36. The van der Waals surface area contributed by atoms with Crippen molar-refractivity contribution in [3.05, 3.63) is 47.0 Å². The van der Waals surface area contributed by atoms with E-state index in [1.54, 1.807) is 19.1 Å². The summed E-state index contributed by atoms with van der Waals surface area (Å²) < 4.78 is 38.0. The SMILES string of the molecule is CCOc1ccc(S(=O)(=O)N[C@@H](C)C(=O)Nc2cc(C)ccc2OC)cc1Cl. The molecule has 0 heterocycles. The van der Waals surface area contributed by atoms with Gasteiger partial charge in [0, 0.05) is 0 Å². The highest BCUT2D eigenvalue weighted by Gasteiger charge is 2.23. The summed E-state index contributed by atoms with van der Waals surface area (Å²) in [5.74, 6) is 0.345. The van der Waals surface area contributed by atoms with Crippen LogP contribution in [0.15, 0.2) is 41.3 Å². The predicted molar refractivity (Wildman–Crippen MR) is 109 cm³/mol. The van der Waals surface area contributed by atoms with Gasteiger partial charge in [-0.2, -0.15) is 4.72 Å². The molecule has 0 aliphatic carbocycles. The van der Waals surface area contributed by atoms with E-state index in [9.17, 15) is 13.2 Å². The number of anilines is 1. The minimum absolute atomic E-state index is 0.0614. The molecule has 0 saturated carbocycles. The van der Waals surface area contributed by atoms with Crippen LogP contribution in [0.1, 0.15) is 19.4 Å². The second-order valence-corrected chi connectivity index (χ2v) is 8.18. The molecule has 0 unspecified atom stereocenters. The number of methoxy groups -OCH3 is 1. The molecule has 0 aliphatic heterocycles. The fourth-order valence-corrected chi connectivity index (χ4v) is 3.96. The van der Waals surface area contributed by atoms with Crippen LogP contribution in [-0.2, 0) is 14.8 Å². The molecule has 0 radical (unpaired) electrons. The zero-order valence-electron chi connectivity index (χ0n) is 16.1. The second kappa shape index (κ2) is 9.27. The third kappa shape index (κ3) is 5.37. The van der Waals surface area contributed by atoms with Crippen LogP contribution in [0.4, 0.5) is 5.69 Å². The molecule has 2 aromatic carbocycles. The Morgan fingerprint density at radius 2 is 1.86 bits per heavy atom. The van der Waals surface area contributed by atoms with Crippen LogP contribution < -0.4 is 19.5 Å². The highest BCUT2D eigenvalue weighted by molar-refractivity contribution is 7.89. The zero-order valence-corrected chi connectivity index (χ0v) is 17.6. The molecule has 2 N–H and O–H groups in total. The molecule has 1 amide bonds. The summed E-state index contributed by atoms with van der Waals surface area (Å²) in [6.45, 7) is 5.53. The Bertz CT molecular complexity index is 963.